The molecule has 3 aromatic rings. The third-order valence-electron chi connectivity index (χ3n) is 5.04. The lowest BCUT2D eigenvalue weighted by Crippen LogP contribution is -2.27. The number of allylic oxidation sites excluding steroid dienone is 1. The number of nitro groups is 1. The van der Waals surface area contributed by atoms with Crippen molar-refractivity contribution in [2.75, 3.05) is 6.61 Å². The molecule has 4 rings (SSSR count). The van der Waals surface area contributed by atoms with E-state index in [2.05, 4.69) is 15.2 Å². The van der Waals surface area contributed by atoms with Gasteiger partial charge in [-0.1, -0.05) is 36.4 Å². The Bertz CT molecular complexity index is 1260. The first-order valence-corrected chi connectivity index (χ1v) is 10.5. The summed E-state index contributed by atoms with van der Waals surface area (Å²) in [6.07, 6.45) is -5.33. The lowest BCUT2D eigenvalue weighted by atomic mass is 10.1. The van der Waals surface area contributed by atoms with Crippen LogP contribution in [0.4, 0.5) is 27.6 Å². The summed E-state index contributed by atoms with van der Waals surface area (Å²) >= 11 is 0. The average molecular weight is 512 g/mol. The monoisotopic (exact) mass is 512 g/mol. The van der Waals surface area contributed by atoms with E-state index in [0.717, 1.165) is 6.08 Å². The third-order valence-corrected chi connectivity index (χ3v) is 5.04. The average Bonchev–Trinajstić information content (AvgIpc) is 3.29. The molecule has 1 unspecified atom stereocenters. The lowest BCUT2D eigenvalue weighted by Gasteiger charge is -2.22. The van der Waals surface area contributed by atoms with E-state index in [-0.39, 0.29) is 32.1 Å². The summed E-state index contributed by atoms with van der Waals surface area (Å²) in [4.78, 5) is 14.0. The first-order chi connectivity index (χ1) is 17.1. The molecule has 9 nitrogen and oxygen atoms in total. The molecule has 0 N–H and O–H groups in total. The van der Waals surface area contributed by atoms with Gasteiger partial charge in [0.05, 0.1) is 18.1 Å². The standard InChI is InChI=1S/C22H17F5N4O5/c23-21(24)9-5-2-6-10-34-18-14(22(25,26)27)11-15(31(32)33)16(28-18)19-29-30-20(36-19)17(21)35-12-13-7-3-1-4-8-13/h1,3-5,7-9,11,17H,2,6,10,12H2/b9-5+. The molecular formula is C22H17F5N4O5. The maximum Gasteiger partial charge on any atom is 0.421 e. The van der Waals surface area contributed by atoms with Crippen molar-refractivity contribution in [1.82, 2.24) is 15.2 Å². The molecule has 36 heavy (non-hydrogen) atoms. The Hall–Kier alpha value is -3.94. The minimum atomic E-state index is -5.02. The Morgan fingerprint density at radius 1 is 1.19 bits per heavy atom. The lowest BCUT2D eigenvalue weighted by molar-refractivity contribution is -0.384. The van der Waals surface area contributed by atoms with Crippen LogP contribution in [0.3, 0.4) is 0 Å². The summed E-state index contributed by atoms with van der Waals surface area (Å²) in [5.74, 6) is -6.08. The van der Waals surface area contributed by atoms with Crippen LogP contribution in [0, 0.1) is 10.1 Å². The molecule has 1 atom stereocenters. The number of pyridine rings is 1. The number of rotatable bonds is 4. The molecule has 1 aliphatic heterocycles. The van der Waals surface area contributed by atoms with Crippen LogP contribution in [-0.4, -0.2) is 32.6 Å². The largest absolute Gasteiger partial charge is 0.477 e. The number of aromatic nitrogens is 3. The van der Waals surface area contributed by atoms with Gasteiger partial charge in [0.1, 0.15) is 5.56 Å². The summed E-state index contributed by atoms with van der Waals surface area (Å²) in [6.45, 7) is -0.588. The van der Waals surface area contributed by atoms with Gasteiger partial charge in [0.15, 0.2) is 0 Å². The molecule has 0 radical (unpaired) electrons. The highest BCUT2D eigenvalue weighted by atomic mass is 19.4. The van der Waals surface area contributed by atoms with Crippen molar-refractivity contribution in [3.05, 3.63) is 75.7 Å². The highest BCUT2D eigenvalue weighted by molar-refractivity contribution is 5.64. The quantitative estimate of drug-likeness (QED) is 0.190. The summed E-state index contributed by atoms with van der Waals surface area (Å²) in [7, 11) is 0. The van der Waals surface area contributed by atoms with Crippen molar-refractivity contribution in [2.45, 2.75) is 37.7 Å². The molecule has 3 heterocycles. The van der Waals surface area contributed by atoms with Gasteiger partial charge in [-0.15, -0.1) is 10.2 Å². The van der Waals surface area contributed by atoms with Crippen LogP contribution >= 0.6 is 0 Å². The number of halogens is 5. The Morgan fingerprint density at radius 3 is 2.64 bits per heavy atom. The van der Waals surface area contributed by atoms with Crippen molar-refractivity contribution >= 4 is 5.69 Å². The van der Waals surface area contributed by atoms with Gasteiger partial charge in [0.2, 0.25) is 17.7 Å². The molecule has 0 spiro atoms. The van der Waals surface area contributed by atoms with Crippen LogP contribution in [0.15, 0.2) is 53.0 Å². The minimum absolute atomic E-state index is 0.0251. The van der Waals surface area contributed by atoms with E-state index in [9.17, 15) is 23.3 Å². The topological polar surface area (TPSA) is 113 Å². The SMILES string of the molecule is O=[N+]([O-])c1cc(C(F)(F)F)c2nc1-c1nnc(o1)C(OCc1ccccc1)C(F)(F)/C=C/CCCO2. The summed E-state index contributed by atoms with van der Waals surface area (Å²) in [5, 5.41) is 18.6. The zero-order chi connectivity index (χ0) is 25.9. The molecule has 0 saturated carbocycles. The van der Waals surface area contributed by atoms with Gasteiger partial charge in [0.25, 0.3) is 11.8 Å². The third kappa shape index (κ3) is 5.48. The van der Waals surface area contributed by atoms with E-state index in [0.29, 0.717) is 11.6 Å². The Morgan fingerprint density at radius 2 is 1.94 bits per heavy atom. The van der Waals surface area contributed by atoms with Gasteiger partial charge in [-0.3, -0.25) is 10.1 Å². The molecule has 4 bridgehead atoms. The zero-order valence-electron chi connectivity index (χ0n) is 18.2. The molecule has 1 aromatic carbocycles. The first kappa shape index (κ1) is 25.2. The number of hydrogen-bond donors (Lipinski definition) is 0. The summed E-state index contributed by atoms with van der Waals surface area (Å²) in [6, 6.07) is 8.62. The van der Waals surface area contributed by atoms with Crippen LogP contribution in [0.1, 0.15) is 36.0 Å². The Kier molecular flexibility index (Phi) is 6.97. The fraction of sp³-hybridized carbons (Fsp3) is 0.318. The number of benzene rings is 1. The van der Waals surface area contributed by atoms with E-state index < -0.39 is 57.7 Å². The molecule has 14 heteroatoms. The van der Waals surface area contributed by atoms with Gasteiger partial charge in [-0.2, -0.15) is 22.0 Å². The number of fused-ring (bicyclic) bond motifs is 5. The summed E-state index contributed by atoms with van der Waals surface area (Å²) in [5.41, 5.74) is -2.79. The molecule has 190 valence electrons. The normalized spacial score (nSPS) is 18.6. The second kappa shape index (κ2) is 9.97. The van der Waals surface area contributed by atoms with Gasteiger partial charge in [0, 0.05) is 6.07 Å². The number of alkyl halides is 5. The molecular weight excluding hydrogens is 495 g/mol. The second-order valence-electron chi connectivity index (χ2n) is 7.65. The smallest absolute Gasteiger partial charge is 0.421 e. The fourth-order valence-corrected chi connectivity index (χ4v) is 3.33. The van der Waals surface area contributed by atoms with Crippen molar-refractivity contribution in [2.24, 2.45) is 0 Å². The van der Waals surface area contributed by atoms with Crippen LogP contribution in [0.2, 0.25) is 0 Å². The second-order valence-corrected chi connectivity index (χ2v) is 7.65. The van der Waals surface area contributed by atoms with Gasteiger partial charge < -0.3 is 13.9 Å². The van der Waals surface area contributed by atoms with Gasteiger partial charge in [-0.25, -0.2) is 4.98 Å². The van der Waals surface area contributed by atoms with E-state index in [1.807, 2.05) is 0 Å². The predicted octanol–water partition coefficient (Wildman–Crippen LogP) is 5.68. The van der Waals surface area contributed by atoms with Crippen LogP contribution in [0.5, 0.6) is 5.88 Å². The maximum atomic E-state index is 15.1. The van der Waals surface area contributed by atoms with Crippen molar-refractivity contribution in [3.63, 3.8) is 0 Å². The molecule has 0 fully saturated rings. The van der Waals surface area contributed by atoms with Crippen molar-refractivity contribution < 1.29 is 40.8 Å². The highest BCUT2D eigenvalue weighted by Crippen LogP contribution is 2.42. The molecule has 0 aliphatic carbocycles. The minimum Gasteiger partial charge on any atom is -0.477 e. The first-order valence-electron chi connectivity index (χ1n) is 10.5. The highest BCUT2D eigenvalue weighted by Gasteiger charge is 2.44. The molecule has 0 amide bonds. The Balaban J connectivity index is 1.81. The van der Waals surface area contributed by atoms with E-state index in [1.165, 1.54) is 0 Å². The number of hydrogen-bond acceptors (Lipinski definition) is 8. The van der Waals surface area contributed by atoms with Gasteiger partial charge in [-0.05, 0) is 24.5 Å². The number of nitrogens with zero attached hydrogens (tertiary/aromatic N) is 4. The van der Waals surface area contributed by atoms with E-state index in [4.69, 9.17) is 13.9 Å². The van der Waals surface area contributed by atoms with E-state index >= 15 is 8.78 Å². The van der Waals surface area contributed by atoms with Gasteiger partial charge >= 0.3 is 17.8 Å². The van der Waals surface area contributed by atoms with Crippen LogP contribution in [0.25, 0.3) is 11.6 Å². The maximum absolute atomic E-state index is 15.1. The van der Waals surface area contributed by atoms with Crippen molar-refractivity contribution in [1.29, 1.82) is 0 Å². The van der Waals surface area contributed by atoms with Crippen LogP contribution in [-0.2, 0) is 17.5 Å². The van der Waals surface area contributed by atoms with Crippen molar-refractivity contribution in [3.8, 4) is 17.5 Å². The van der Waals surface area contributed by atoms with E-state index in [1.54, 1.807) is 30.3 Å². The zero-order valence-corrected chi connectivity index (χ0v) is 18.2. The molecule has 1 aliphatic rings. The van der Waals surface area contributed by atoms with Crippen LogP contribution < -0.4 is 4.74 Å². The molecule has 2 aromatic heterocycles. The fourth-order valence-electron chi connectivity index (χ4n) is 3.33. The Labute approximate surface area is 199 Å². The molecule has 0 saturated heterocycles. The number of ether oxygens (including phenoxy) is 2. The predicted molar refractivity (Wildman–Crippen MR) is 112 cm³/mol. The summed E-state index contributed by atoms with van der Waals surface area (Å²) < 4.78 is 86.5.